The zero-order valence-electron chi connectivity index (χ0n) is 14.1. The average Bonchev–Trinajstić information content (AvgIpc) is 2.80. The largest absolute Gasteiger partial charge is 0.385 e. The highest BCUT2D eigenvalue weighted by Gasteiger charge is 2.60. The maximum absolute atomic E-state index is 11.8. The van der Waals surface area contributed by atoms with Gasteiger partial charge in [0.1, 0.15) is 0 Å². The third-order valence-corrected chi connectivity index (χ3v) is 7.47. The summed E-state index contributed by atoms with van der Waals surface area (Å²) in [5.74, 6) is 1.10. The van der Waals surface area contributed by atoms with Crippen molar-refractivity contribution in [2.75, 3.05) is 0 Å². The lowest BCUT2D eigenvalue weighted by molar-refractivity contribution is -0.115. The second-order valence-electron chi connectivity index (χ2n) is 8.34. The maximum Gasteiger partial charge on any atom is 0.156 e. The third-order valence-electron chi connectivity index (χ3n) is 7.47. The maximum atomic E-state index is 11.8. The molecule has 0 bridgehead atoms. The molecule has 3 unspecified atom stereocenters. The second-order valence-corrected chi connectivity index (χ2v) is 8.34. The first-order chi connectivity index (χ1) is 10.8. The van der Waals surface area contributed by atoms with Crippen LogP contribution < -0.4 is 0 Å². The van der Waals surface area contributed by atoms with Crippen LogP contribution in [-0.4, -0.2) is 16.5 Å². The van der Waals surface area contributed by atoms with Gasteiger partial charge in [-0.1, -0.05) is 43.7 Å². The number of carbonyl (C=O) groups excluding carboxylic acids is 1. The highest BCUT2D eigenvalue weighted by molar-refractivity contribution is 5.92. The average molecular weight is 310 g/mol. The summed E-state index contributed by atoms with van der Waals surface area (Å²) in [7, 11) is 0. The SMILES string of the molecule is C=C[C@]1(O)CCC2C3C=CC4=CC(=O)CCC4(C)C3=CC[C@@]21C. The summed E-state index contributed by atoms with van der Waals surface area (Å²) in [4.78, 5) is 11.8. The van der Waals surface area contributed by atoms with Crippen molar-refractivity contribution < 1.29 is 9.90 Å². The monoisotopic (exact) mass is 310 g/mol. The first kappa shape index (κ1) is 15.1. The first-order valence-electron chi connectivity index (χ1n) is 8.84. The van der Waals surface area contributed by atoms with Crippen molar-refractivity contribution in [3.8, 4) is 0 Å². The summed E-state index contributed by atoms with van der Waals surface area (Å²) in [6, 6.07) is 0. The minimum atomic E-state index is -0.757. The minimum Gasteiger partial charge on any atom is -0.385 e. The zero-order valence-corrected chi connectivity index (χ0v) is 14.1. The lowest BCUT2D eigenvalue weighted by Crippen LogP contribution is -2.49. The Kier molecular flexibility index (Phi) is 3.01. The van der Waals surface area contributed by atoms with Gasteiger partial charge in [-0.25, -0.2) is 0 Å². The lowest BCUT2D eigenvalue weighted by atomic mass is 9.52. The Morgan fingerprint density at radius 2 is 2.13 bits per heavy atom. The van der Waals surface area contributed by atoms with Crippen LogP contribution in [0.5, 0.6) is 0 Å². The van der Waals surface area contributed by atoms with Gasteiger partial charge in [0.15, 0.2) is 5.78 Å². The van der Waals surface area contributed by atoms with Gasteiger partial charge in [0, 0.05) is 23.2 Å². The van der Waals surface area contributed by atoms with Crippen LogP contribution in [0.2, 0.25) is 0 Å². The molecule has 122 valence electrons. The molecule has 0 saturated heterocycles. The van der Waals surface area contributed by atoms with E-state index >= 15 is 0 Å². The number of carbonyl (C=O) groups is 1. The van der Waals surface area contributed by atoms with Gasteiger partial charge in [0.2, 0.25) is 0 Å². The van der Waals surface area contributed by atoms with Crippen LogP contribution >= 0.6 is 0 Å². The Bertz CT molecular complexity index is 682. The van der Waals surface area contributed by atoms with Crippen LogP contribution in [-0.2, 0) is 4.79 Å². The van der Waals surface area contributed by atoms with Gasteiger partial charge in [-0.05, 0) is 43.3 Å². The molecule has 0 aromatic carbocycles. The molecule has 4 aliphatic rings. The quantitative estimate of drug-likeness (QED) is 0.739. The molecule has 1 N–H and O–H groups in total. The predicted octanol–water partition coefficient (Wildman–Crippen LogP) is 4.13. The van der Waals surface area contributed by atoms with E-state index in [1.165, 1.54) is 11.1 Å². The summed E-state index contributed by atoms with van der Waals surface area (Å²) in [6.07, 6.45) is 14.8. The molecular formula is C21H26O2. The fourth-order valence-electron chi connectivity index (χ4n) is 5.72. The zero-order chi connectivity index (χ0) is 16.5. The number of allylic oxidation sites excluding steroid dienone is 6. The van der Waals surface area contributed by atoms with E-state index in [2.05, 4.69) is 38.7 Å². The van der Waals surface area contributed by atoms with Gasteiger partial charge < -0.3 is 5.11 Å². The van der Waals surface area contributed by atoms with Gasteiger partial charge in [0.05, 0.1) is 5.60 Å². The molecule has 0 spiro atoms. The fourth-order valence-corrected chi connectivity index (χ4v) is 5.72. The second kappa shape index (κ2) is 4.57. The predicted molar refractivity (Wildman–Crippen MR) is 91.7 cm³/mol. The molecule has 0 heterocycles. The van der Waals surface area contributed by atoms with E-state index in [9.17, 15) is 9.90 Å². The van der Waals surface area contributed by atoms with Crippen LogP contribution in [0.15, 0.2) is 48.1 Å². The van der Waals surface area contributed by atoms with Gasteiger partial charge in [-0.15, -0.1) is 6.58 Å². The Balaban J connectivity index is 1.81. The molecule has 0 aromatic heterocycles. The third kappa shape index (κ3) is 1.76. The normalized spacial score (nSPS) is 48.0. The fraction of sp³-hybridized carbons (Fsp3) is 0.571. The van der Waals surface area contributed by atoms with Gasteiger partial charge in [-0.3, -0.25) is 4.79 Å². The van der Waals surface area contributed by atoms with E-state index in [-0.39, 0.29) is 16.6 Å². The lowest BCUT2D eigenvalue weighted by Gasteiger charge is -2.52. The summed E-state index contributed by atoms with van der Waals surface area (Å²) < 4.78 is 0. The Labute approximate surface area is 138 Å². The summed E-state index contributed by atoms with van der Waals surface area (Å²) >= 11 is 0. The molecule has 23 heavy (non-hydrogen) atoms. The summed E-state index contributed by atoms with van der Waals surface area (Å²) in [5, 5.41) is 11.0. The van der Waals surface area contributed by atoms with Crippen LogP contribution in [0.25, 0.3) is 0 Å². The topological polar surface area (TPSA) is 37.3 Å². The molecule has 4 rings (SSSR count). The minimum absolute atomic E-state index is 0.00351. The van der Waals surface area contributed by atoms with E-state index in [4.69, 9.17) is 0 Å². The van der Waals surface area contributed by atoms with Crippen molar-refractivity contribution in [2.24, 2.45) is 22.7 Å². The molecule has 0 radical (unpaired) electrons. The smallest absolute Gasteiger partial charge is 0.156 e. The van der Waals surface area contributed by atoms with Gasteiger partial charge in [0.25, 0.3) is 0 Å². The number of aliphatic hydroxyl groups is 1. The van der Waals surface area contributed by atoms with Crippen LogP contribution in [0.1, 0.15) is 46.0 Å². The van der Waals surface area contributed by atoms with Crippen LogP contribution in [0, 0.1) is 22.7 Å². The number of fused-ring (bicyclic) bond motifs is 5. The summed E-state index contributed by atoms with van der Waals surface area (Å²) in [5.41, 5.74) is 1.78. The van der Waals surface area contributed by atoms with E-state index in [1.807, 2.05) is 6.08 Å². The molecule has 0 aromatic rings. The highest BCUT2D eigenvalue weighted by Crippen LogP contribution is 2.64. The van der Waals surface area contributed by atoms with Crippen LogP contribution in [0.4, 0.5) is 0 Å². The van der Waals surface area contributed by atoms with Crippen molar-refractivity contribution in [3.63, 3.8) is 0 Å². The molecule has 4 aliphatic carbocycles. The van der Waals surface area contributed by atoms with Crippen molar-refractivity contribution in [1.29, 1.82) is 0 Å². The molecular weight excluding hydrogens is 284 g/mol. The number of hydrogen-bond donors (Lipinski definition) is 1. The Morgan fingerprint density at radius 1 is 1.35 bits per heavy atom. The molecule has 1 fully saturated rings. The van der Waals surface area contributed by atoms with Crippen molar-refractivity contribution in [2.45, 2.75) is 51.6 Å². The van der Waals surface area contributed by atoms with Crippen LogP contribution in [0.3, 0.4) is 0 Å². The van der Waals surface area contributed by atoms with E-state index < -0.39 is 5.60 Å². The van der Waals surface area contributed by atoms with E-state index in [0.29, 0.717) is 18.3 Å². The Morgan fingerprint density at radius 3 is 2.87 bits per heavy atom. The van der Waals surface area contributed by atoms with Gasteiger partial charge in [-0.2, -0.15) is 0 Å². The molecule has 2 nitrogen and oxygen atoms in total. The van der Waals surface area contributed by atoms with Crippen molar-refractivity contribution in [3.05, 3.63) is 48.1 Å². The van der Waals surface area contributed by atoms with Crippen molar-refractivity contribution >= 4 is 5.78 Å². The summed E-state index contributed by atoms with van der Waals surface area (Å²) in [6.45, 7) is 8.43. The molecule has 2 heteroatoms. The van der Waals surface area contributed by atoms with E-state index in [0.717, 1.165) is 25.7 Å². The number of ketones is 1. The van der Waals surface area contributed by atoms with Crippen molar-refractivity contribution in [1.82, 2.24) is 0 Å². The Hall–Kier alpha value is -1.41. The number of hydrogen-bond acceptors (Lipinski definition) is 2. The molecule has 1 saturated carbocycles. The standard InChI is InChI=1S/C21H26O2/c1-4-21(23)12-9-18-16-6-5-14-13-15(22)7-10-19(14,2)17(16)8-11-20(18,21)3/h4-6,8,13,16,18,23H,1,7,9-12H2,2-3H3/t16?,18?,19?,20-,21-/m0/s1. The highest BCUT2D eigenvalue weighted by atomic mass is 16.3. The number of rotatable bonds is 1. The van der Waals surface area contributed by atoms with Gasteiger partial charge >= 0.3 is 0 Å². The van der Waals surface area contributed by atoms with E-state index in [1.54, 1.807) is 6.08 Å². The molecule has 0 amide bonds. The first-order valence-corrected chi connectivity index (χ1v) is 8.84. The molecule has 0 aliphatic heterocycles. The molecule has 5 atom stereocenters.